The van der Waals surface area contributed by atoms with Gasteiger partial charge >= 0.3 is 0 Å². The summed E-state index contributed by atoms with van der Waals surface area (Å²) in [5, 5.41) is 3.40. The number of halogens is 1. The summed E-state index contributed by atoms with van der Waals surface area (Å²) in [6.45, 7) is 5.51. The van der Waals surface area contributed by atoms with Crippen molar-refractivity contribution in [3.05, 3.63) is 52.3 Å². The van der Waals surface area contributed by atoms with E-state index in [9.17, 15) is 0 Å². The average Bonchev–Trinajstić information content (AvgIpc) is 2.50. The number of ether oxygens (including phenoxy) is 2. The number of nitrogens with zero attached hydrogens (tertiary/aromatic N) is 1. The van der Waals surface area contributed by atoms with Gasteiger partial charge in [-0.1, -0.05) is 6.07 Å². The van der Waals surface area contributed by atoms with Crippen LogP contribution in [0.4, 0.5) is 0 Å². The van der Waals surface area contributed by atoms with Crippen LogP contribution in [0, 0.1) is 0 Å². The van der Waals surface area contributed by atoms with Gasteiger partial charge in [0.2, 0.25) is 0 Å². The molecule has 1 heterocycles. The number of pyridine rings is 1. The number of rotatable bonds is 7. The lowest BCUT2D eigenvalue weighted by Crippen LogP contribution is -2.13. The smallest absolute Gasteiger partial charge is 0.175 e. The van der Waals surface area contributed by atoms with Crippen molar-refractivity contribution in [2.24, 2.45) is 0 Å². The van der Waals surface area contributed by atoms with E-state index in [2.05, 4.69) is 38.4 Å². The molecule has 118 valence electrons. The Morgan fingerprint density at radius 3 is 2.64 bits per heavy atom. The lowest BCUT2D eigenvalue weighted by Gasteiger charge is -2.16. The average molecular weight is 365 g/mol. The molecular formula is C17H21BrN2O2. The van der Waals surface area contributed by atoms with E-state index in [0.717, 1.165) is 40.2 Å². The Labute approximate surface area is 140 Å². The van der Waals surface area contributed by atoms with Gasteiger partial charge in [0.1, 0.15) is 0 Å². The molecule has 0 amide bonds. The first-order valence-corrected chi connectivity index (χ1v) is 8.02. The monoisotopic (exact) mass is 364 g/mol. The maximum absolute atomic E-state index is 5.80. The minimum atomic E-state index is 0.0970. The van der Waals surface area contributed by atoms with Crippen molar-refractivity contribution in [2.75, 3.05) is 7.11 Å². The molecule has 1 aromatic carbocycles. The van der Waals surface area contributed by atoms with Gasteiger partial charge in [-0.05, 0) is 59.1 Å². The first-order chi connectivity index (χ1) is 10.6. The van der Waals surface area contributed by atoms with E-state index in [1.54, 1.807) is 13.3 Å². The Kier molecular flexibility index (Phi) is 6.21. The topological polar surface area (TPSA) is 43.4 Å². The largest absolute Gasteiger partial charge is 0.493 e. The van der Waals surface area contributed by atoms with E-state index in [0.29, 0.717) is 0 Å². The van der Waals surface area contributed by atoms with E-state index in [1.807, 2.05) is 32.2 Å². The molecular weight excluding hydrogens is 344 g/mol. The first-order valence-electron chi connectivity index (χ1n) is 7.23. The van der Waals surface area contributed by atoms with Gasteiger partial charge in [0.25, 0.3) is 0 Å². The fourth-order valence-electron chi connectivity index (χ4n) is 2.08. The lowest BCUT2D eigenvalue weighted by atomic mass is 10.2. The van der Waals surface area contributed by atoms with Crippen LogP contribution in [0.3, 0.4) is 0 Å². The molecule has 0 atom stereocenters. The van der Waals surface area contributed by atoms with Gasteiger partial charge in [-0.15, -0.1) is 0 Å². The highest BCUT2D eigenvalue weighted by atomic mass is 79.9. The molecule has 2 aromatic rings. The molecule has 0 fully saturated rings. The molecule has 0 saturated carbocycles. The third kappa shape index (κ3) is 4.71. The number of hydrogen-bond donors (Lipinski definition) is 1. The van der Waals surface area contributed by atoms with Crippen LogP contribution in [-0.2, 0) is 13.1 Å². The van der Waals surface area contributed by atoms with Gasteiger partial charge in [0.05, 0.1) is 17.7 Å². The first kappa shape index (κ1) is 16.8. The van der Waals surface area contributed by atoms with Crippen LogP contribution in [-0.4, -0.2) is 18.2 Å². The van der Waals surface area contributed by atoms with Gasteiger partial charge in [-0.2, -0.15) is 0 Å². The molecule has 1 N–H and O–H groups in total. The van der Waals surface area contributed by atoms with Crippen molar-refractivity contribution in [3.8, 4) is 11.5 Å². The standard InChI is InChI=1S/C17H21BrN2O2/c1-12(2)22-17-15(18)7-14(8-16(17)21-3)11-20-10-13-5-4-6-19-9-13/h4-9,12,20H,10-11H2,1-3H3. The number of nitrogens with one attached hydrogen (secondary N) is 1. The summed E-state index contributed by atoms with van der Waals surface area (Å²) < 4.78 is 12.1. The number of methoxy groups -OCH3 is 1. The highest BCUT2D eigenvalue weighted by Gasteiger charge is 2.13. The minimum absolute atomic E-state index is 0.0970. The summed E-state index contributed by atoms with van der Waals surface area (Å²) in [4.78, 5) is 4.11. The maximum atomic E-state index is 5.80. The van der Waals surface area contributed by atoms with E-state index in [4.69, 9.17) is 9.47 Å². The normalized spacial score (nSPS) is 10.8. The fraction of sp³-hybridized carbons (Fsp3) is 0.353. The third-order valence-electron chi connectivity index (χ3n) is 3.02. The molecule has 2 rings (SSSR count). The Morgan fingerprint density at radius 1 is 1.23 bits per heavy atom. The summed E-state index contributed by atoms with van der Waals surface area (Å²) in [7, 11) is 1.65. The second-order valence-electron chi connectivity index (χ2n) is 5.24. The van der Waals surface area contributed by atoms with Crippen LogP contribution in [0.1, 0.15) is 25.0 Å². The fourth-order valence-corrected chi connectivity index (χ4v) is 2.66. The number of benzene rings is 1. The molecule has 5 heteroatoms. The van der Waals surface area contributed by atoms with Crippen LogP contribution >= 0.6 is 15.9 Å². The zero-order valence-electron chi connectivity index (χ0n) is 13.1. The third-order valence-corrected chi connectivity index (χ3v) is 3.61. The zero-order chi connectivity index (χ0) is 15.9. The molecule has 0 saturated heterocycles. The zero-order valence-corrected chi connectivity index (χ0v) is 14.7. The molecule has 0 unspecified atom stereocenters. The number of hydrogen-bond acceptors (Lipinski definition) is 4. The van der Waals surface area contributed by atoms with E-state index in [-0.39, 0.29) is 6.10 Å². The molecule has 0 aliphatic carbocycles. The van der Waals surface area contributed by atoms with Crippen molar-refractivity contribution in [2.45, 2.75) is 33.0 Å². The van der Waals surface area contributed by atoms with Crippen molar-refractivity contribution in [1.82, 2.24) is 10.3 Å². The second-order valence-corrected chi connectivity index (χ2v) is 6.09. The molecule has 0 spiro atoms. The quantitative estimate of drug-likeness (QED) is 0.808. The van der Waals surface area contributed by atoms with Crippen LogP contribution in [0.2, 0.25) is 0 Å². The molecule has 0 aliphatic heterocycles. The predicted molar refractivity (Wildman–Crippen MR) is 91.2 cm³/mol. The minimum Gasteiger partial charge on any atom is -0.493 e. The van der Waals surface area contributed by atoms with E-state index in [1.165, 1.54) is 0 Å². The lowest BCUT2D eigenvalue weighted by molar-refractivity contribution is 0.228. The second kappa shape index (κ2) is 8.15. The Hall–Kier alpha value is -1.59. The molecule has 22 heavy (non-hydrogen) atoms. The Bertz CT molecular complexity index is 603. The molecule has 0 aliphatic rings. The van der Waals surface area contributed by atoms with E-state index >= 15 is 0 Å². The molecule has 0 bridgehead atoms. The van der Waals surface area contributed by atoms with Crippen molar-refractivity contribution in [1.29, 1.82) is 0 Å². The summed E-state index contributed by atoms with van der Waals surface area (Å²) in [5.41, 5.74) is 2.29. The van der Waals surface area contributed by atoms with Crippen molar-refractivity contribution < 1.29 is 9.47 Å². The van der Waals surface area contributed by atoms with Crippen LogP contribution in [0.5, 0.6) is 11.5 Å². The Balaban J connectivity index is 2.04. The van der Waals surface area contributed by atoms with Gasteiger partial charge < -0.3 is 14.8 Å². The maximum Gasteiger partial charge on any atom is 0.175 e. The molecule has 0 radical (unpaired) electrons. The van der Waals surface area contributed by atoms with Crippen LogP contribution in [0.15, 0.2) is 41.1 Å². The van der Waals surface area contributed by atoms with Crippen molar-refractivity contribution in [3.63, 3.8) is 0 Å². The van der Waals surface area contributed by atoms with Crippen LogP contribution < -0.4 is 14.8 Å². The molecule has 1 aromatic heterocycles. The van der Waals surface area contributed by atoms with Gasteiger partial charge in [-0.25, -0.2) is 0 Å². The summed E-state index contributed by atoms with van der Waals surface area (Å²) in [5.74, 6) is 1.48. The summed E-state index contributed by atoms with van der Waals surface area (Å²) >= 11 is 3.56. The summed E-state index contributed by atoms with van der Waals surface area (Å²) in [6.07, 6.45) is 3.74. The number of aromatic nitrogens is 1. The van der Waals surface area contributed by atoms with Gasteiger partial charge in [0, 0.05) is 25.5 Å². The van der Waals surface area contributed by atoms with Crippen LogP contribution in [0.25, 0.3) is 0 Å². The Morgan fingerprint density at radius 2 is 2.00 bits per heavy atom. The highest BCUT2D eigenvalue weighted by molar-refractivity contribution is 9.10. The van der Waals surface area contributed by atoms with E-state index < -0.39 is 0 Å². The SMILES string of the molecule is COc1cc(CNCc2cccnc2)cc(Br)c1OC(C)C. The van der Waals surface area contributed by atoms with Gasteiger partial charge in [-0.3, -0.25) is 4.98 Å². The summed E-state index contributed by atoms with van der Waals surface area (Å²) in [6, 6.07) is 8.04. The molecule has 4 nitrogen and oxygen atoms in total. The highest BCUT2D eigenvalue weighted by Crippen LogP contribution is 2.37. The van der Waals surface area contributed by atoms with Crippen molar-refractivity contribution >= 4 is 15.9 Å². The predicted octanol–water partition coefficient (Wildman–Crippen LogP) is 3.93. The van der Waals surface area contributed by atoms with Gasteiger partial charge in [0.15, 0.2) is 11.5 Å².